The van der Waals surface area contributed by atoms with Gasteiger partial charge in [-0.05, 0) is 6.42 Å². The van der Waals surface area contributed by atoms with Crippen molar-refractivity contribution in [2.24, 2.45) is 4.99 Å². The van der Waals surface area contributed by atoms with E-state index in [0.29, 0.717) is 0 Å². The van der Waals surface area contributed by atoms with E-state index < -0.39 is 6.29 Å². The van der Waals surface area contributed by atoms with Crippen molar-refractivity contribution >= 4 is 18.7 Å². The van der Waals surface area contributed by atoms with Gasteiger partial charge in [-0.15, -0.1) is 12.4 Å². The molecule has 0 saturated carbocycles. The number of aliphatic imine (C=N–C) groups is 1. The zero-order chi connectivity index (χ0) is 20.3. The predicted octanol–water partition coefficient (Wildman–Crippen LogP) is 5.54. The standard InChI is InChI=1S/C23H47N3O2.ClH/c1-2-3-4-5-6-7-8-9-10-11-12-13-14-15-16-17-19-25(21-23(27)28)26-20-18-24-22-26;/h22-23,27-28H,2-21H2,1H3;1H. The molecule has 0 radical (unpaired) electrons. The van der Waals surface area contributed by atoms with Gasteiger partial charge in [-0.3, -0.25) is 10.0 Å². The zero-order valence-corrected chi connectivity index (χ0v) is 19.8. The number of hydrogen-bond donors (Lipinski definition) is 2. The Balaban J connectivity index is 0.00000784. The number of halogens is 1. The molecular formula is C23H48ClN3O2. The maximum absolute atomic E-state index is 9.26. The summed E-state index contributed by atoms with van der Waals surface area (Å²) in [4.78, 5) is 4.21. The van der Waals surface area contributed by atoms with Crippen molar-refractivity contribution in [3.8, 4) is 0 Å². The number of hydrazine groups is 1. The van der Waals surface area contributed by atoms with Gasteiger partial charge in [0.1, 0.15) is 0 Å². The molecule has 6 heteroatoms. The first-order valence-electron chi connectivity index (χ1n) is 12.1. The molecule has 0 aliphatic carbocycles. The minimum atomic E-state index is -1.28. The summed E-state index contributed by atoms with van der Waals surface area (Å²) in [5.41, 5.74) is 0. The number of rotatable bonds is 20. The van der Waals surface area contributed by atoms with Crippen LogP contribution in [-0.2, 0) is 0 Å². The van der Waals surface area contributed by atoms with Crippen LogP contribution in [0.2, 0.25) is 0 Å². The first-order valence-corrected chi connectivity index (χ1v) is 12.1. The molecule has 1 rings (SSSR count). The normalized spacial score (nSPS) is 13.6. The summed E-state index contributed by atoms with van der Waals surface area (Å²) in [6.07, 6.45) is 22.5. The van der Waals surface area contributed by atoms with Crippen molar-refractivity contribution in [3.05, 3.63) is 0 Å². The molecule has 0 aromatic heterocycles. The van der Waals surface area contributed by atoms with Gasteiger partial charge in [0.25, 0.3) is 0 Å². The molecule has 0 fully saturated rings. The number of nitrogens with zero attached hydrogens (tertiary/aromatic N) is 3. The van der Waals surface area contributed by atoms with Crippen LogP contribution in [0.15, 0.2) is 4.99 Å². The Kier molecular flexibility index (Phi) is 20.6. The van der Waals surface area contributed by atoms with Crippen LogP contribution in [0.3, 0.4) is 0 Å². The van der Waals surface area contributed by atoms with Gasteiger partial charge in [0, 0.05) is 6.54 Å². The third-order valence-corrected chi connectivity index (χ3v) is 5.68. The van der Waals surface area contributed by atoms with Gasteiger partial charge >= 0.3 is 0 Å². The van der Waals surface area contributed by atoms with Crippen LogP contribution < -0.4 is 0 Å². The summed E-state index contributed by atoms with van der Waals surface area (Å²) in [6.45, 7) is 5.08. The summed E-state index contributed by atoms with van der Waals surface area (Å²) >= 11 is 0. The van der Waals surface area contributed by atoms with E-state index in [9.17, 15) is 10.2 Å². The highest BCUT2D eigenvalue weighted by Gasteiger charge is 2.17. The van der Waals surface area contributed by atoms with Crippen molar-refractivity contribution in [2.45, 2.75) is 116 Å². The Morgan fingerprint density at radius 2 is 1.24 bits per heavy atom. The Hall–Kier alpha value is -0.360. The third-order valence-electron chi connectivity index (χ3n) is 5.68. The van der Waals surface area contributed by atoms with E-state index in [4.69, 9.17) is 0 Å². The monoisotopic (exact) mass is 433 g/mol. The van der Waals surface area contributed by atoms with Crippen LogP contribution in [-0.4, -0.2) is 59.0 Å². The van der Waals surface area contributed by atoms with Crippen LogP contribution in [0.1, 0.15) is 110 Å². The molecule has 1 aliphatic rings. The maximum Gasteiger partial charge on any atom is 0.166 e. The van der Waals surface area contributed by atoms with Crippen molar-refractivity contribution in [1.29, 1.82) is 0 Å². The number of aliphatic hydroxyl groups is 2. The first kappa shape index (κ1) is 28.6. The highest BCUT2D eigenvalue weighted by atomic mass is 35.5. The maximum atomic E-state index is 9.26. The van der Waals surface area contributed by atoms with E-state index in [1.54, 1.807) is 0 Å². The first-order chi connectivity index (χ1) is 13.7. The second kappa shape index (κ2) is 20.9. The molecule has 0 unspecified atom stereocenters. The van der Waals surface area contributed by atoms with Crippen molar-refractivity contribution in [2.75, 3.05) is 26.2 Å². The van der Waals surface area contributed by atoms with Crippen molar-refractivity contribution in [3.63, 3.8) is 0 Å². The van der Waals surface area contributed by atoms with E-state index in [1.165, 1.54) is 96.3 Å². The van der Waals surface area contributed by atoms with E-state index in [-0.39, 0.29) is 19.0 Å². The molecule has 0 amide bonds. The lowest BCUT2D eigenvalue weighted by Crippen LogP contribution is -2.45. The molecule has 1 aliphatic heterocycles. The minimum Gasteiger partial charge on any atom is -0.367 e. The van der Waals surface area contributed by atoms with Gasteiger partial charge in [0.2, 0.25) is 0 Å². The lowest BCUT2D eigenvalue weighted by Gasteiger charge is -2.31. The summed E-state index contributed by atoms with van der Waals surface area (Å²) < 4.78 is 0. The van der Waals surface area contributed by atoms with Crippen LogP contribution in [0.4, 0.5) is 0 Å². The average Bonchev–Trinajstić information content (AvgIpc) is 3.21. The molecule has 29 heavy (non-hydrogen) atoms. The van der Waals surface area contributed by atoms with Gasteiger partial charge in [-0.2, -0.15) is 0 Å². The van der Waals surface area contributed by atoms with E-state index >= 15 is 0 Å². The lowest BCUT2D eigenvalue weighted by molar-refractivity contribution is -0.0936. The van der Waals surface area contributed by atoms with Gasteiger partial charge in [0.15, 0.2) is 6.29 Å². The molecule has 5 nitrogen and oxygen atoms in total. The minimum absolute atomic E-state index is 0. The fourth-order valence-corrected chi connectivity index (χ4v) is 3.94. The lowest BCUT2D eigenvalue weighted by atomic mass is 10.0. The van der Waals surface area contributed by atoms with Crippen molar-refractivity contribution in [1.82, 2.24) is 10.0 Å². The molecule has 0 spiro atoms. The Bertz CT molecular complexity index is 370. The largest absolute Gasteiger partial charge is 0.367 e. The molecule has 174 valence electrons. The van der Waals surface area contributed by atoms with E-state index in [1.807, 2.05) is 16.4 Å². The van der Waals surface area contributed by atoms with E-state index in [2.05, 4.69) is 11.9 Å². The smallest absolute Gasteiger partial charge is 0.166 e. The third kappa shape index (κ3) is 17.1. The summed E-state index contributed by atoms with van der Waals surface area (Å²) in [7, 11) is 0. The second-order valence-corrected chi connectivity index (χ2v) is 8.38. The van der Waals surface area contributed by atoms with Crippen LogP contribution in [0.5, 0.6) is 0 Å². The molecule has 0 bridgehead atoms. The highest BCUT2D eigenvalue weighted by Crippen LogP contribution is 2.14. The quantitative estimate of drug-likeness (QED) is 0.195. The van der Waals surface area contributed by atoms with Crippen LogP contribution in [0, 0.1) is 0 Å². The summed E-state index contributed by atoms with van der Waals surface area (Å²) in [5.74, 6) is 0. The molecule has 1 heterocycles. The van der Waals surface area contributed by atoms with E-state index in [0.717, 1.165) is 26.1 Å². The van der Waals surface area contributed by atoms with Gasteiger partial charge in [-0.25, -0.2) is 5.01 Å². The number of hydrogen-bond acceptors (Lipinski definition) is 5. The molecule has 0 aromatic rings. The van der Waals surface area contributed by atoms with Crippen molar-refractivity contribution < 1.29 is 10.2 Å². The van der Waals surface area contributed by atoms with Crippen LogP contribution >= 0.6 is 12.4 Å². The fraction of sp³-hybridized carbons (Fsp3) is 0.957. The highest BCUT2D eigenvalue weighted by molar-refractivity contribution is 5.85. The zero-order valence-electron chi connectivity index (χ0n) is 18.9. The molecule has 0 atom stereocenters. The second-order valence-electron chi connectivity index (χ2n) is 8.38. The Labute approximate surface area is 186 Å². The van der Waals surface area contributed by atoms with Crippen LogP contribution in [0.25, 0.3) is 0 Å². The molecule has 0 aromatic carbocycles. The van der Waals surface area contributed by atoms with Gasteiger partial charge in [0.05, 0.1) is 26.0 Å². The molecule has 2 N–H and O–H groups in total. The number of aliphatic hydroxyl groups excluding tert-OH is 1. The fourth-order valence-electron chi connectivity index (χ4n) is 3.94. The van der Waals surface area contributed by atoms with Gasteiger partial charge < -0.3 is 10.2 Å². The Morgan fingerprint density at radius 3 is 1.62 bits per heavy atom. The predicted molar refractivity (Wildman–Crippen MR) is 127 cm³/mol. The average molecular weight is 434 g/mol. The molecule has 0 saturated heterocycles. The summed E-state index contributed by atoms with van der Waals surface area (Å²) in [5, 5.41) is 22.6. The topological polar surface area (TPSA) is 59.3 Å². The Morgan fingerprint density at radius 1 is 0.793 bits per heavy atom. The van der Waals surface area contributed by atoms with Gasteiger partial charge in [-0.1, -0.05) is 103 Å². The number of unbranched alkanes of at least 4 members (excludes halogenated alkanes) is 15. The SMILES string of the molecule is CCCCCCCCCCCCCCCCCCN(CC(O)O)N1C=NCC1.Cl. The molecular weight excluding hydrogens is 386 g/mol. The summed E-state index contributed by atoms with van der Waals surface area (Å²) in [6, 6.07) is 0.